The largest absolute Gasteiger partial charge is 0.496 e. The molecule has 0 atom stereocenters. The van der Waals surface area contributed by atoms with Crippen molar-refractivity contribution in [2.45, 2.75) is 6.42 Å². The Balaban J connectivity index is 1.64. The summed E-state index contributed by atoms with van der Waals surface area (Å²) in [4.78, 5) is 8.79. The van der Waals surface area contributed by atoms with Crippen LogP contribution in [0, 0.1) is 0 Å². The van der Waals surface area contributed by atoms with E-state index in [1.165, 1.54) is 5.57 Å². The average molecular weight is 388 g/mol. The summed E-state index contributed by atoms with van der Waals surface area (Å²) in [5.74, 6) is 2.37. The lowest BCUT2D eigenvalue weighted by molar-refractivity contribution is 0.413. The van der Waals surface area contributed by atoms with Crippen LogP contribution >= 0.6 is 0 Å². The summed E-state index contributed by atoms with van der Waals surface area (Å²) in [6.07, 6.45) is 4.75. The van der Waals surface area contributed by atoms with Gasteiger partial charge >= 0.3 is 0 Å². The predicted octanol–water partition coefficient (Wildman–Crippen LogP) is 4.28. The maximum atomic E-state index is 5.58. The maximum Gasteiger partial charge on any atom is 0.134 e. The first-order valence-electron chi connectivity index (χ1n) is 9.59. The predicted molar refractivity (Wildman–Crippen MR) is 116 cm³/mol. The maximum absolute atomic E-state index is 5.58. The minimum atomic E-state index is 0.719. The zero-order valence-corrected chi connectivity index (χ0v) is 16.6. The minimum Gasteiger partial charge on any atom is -0.496 e. The van der Waals surface area contributed by atoms with Gasteiger partial charge in [-0.3, -0.25) is 0 Å². The van der Waals surface area contributed by atoms with Crippen molar-refractivity contribution >= 4 is 17.1 Å². The fraction of sp³-hybridized carbons (Fsp3) is 0.217. The molecule has 0 unspecified atom stereocenters. The van der Waals surface area contributed by atoms with Crippen LogP contribution in [0.25, 0.3) is 16.8 Å². The topological polar surface area (TPSA) is 68.3 Å². The van der Waals surface area contributed by atoms with Gasteiger partial charge in [0.15, 0.2) is 0 Å². The van der Waals surface area contributed by atoms with Crippen LogP contribution in [0.15, 0.2) is 60.9 Å². The fourth-order valence-electron chi connectivity index (χ4n) is 3.48. The van der Waals surface area contributed by atoms with E-state index in [2.05, 4.69) is 32.7 Å². The van der Waals surface area contributed by atoms with Gasteiger partial charge in [-0.15, -0.1) is 0 Å². The normalized spacial score (nSPS) is 13.5. The van der Waals surface area contributed by atoms with E-state index < -0.39 is 0 Å². The van der Waals surface area contributed by atoms with Crippen molar-refractivity contribution in [1.82, 2.24) is 15.3 Å². The van der Waals surface area contributed by atoms with Gasteiger partial charge in [-0.2, -0.15) is 0 Å². The number of hydrogen-bond acceptors (Lipinski definition) is 6. The number of nitrogens with one attached hydrogen (secondary N) is 2. The molecule has 148 valence electrons. The molecule has 1 aromatic heterocycles. The lowest BCUT2D eigenvalue weighted by Gasteiger charge is -2.18. The summed E-state index contributed by atoms with van der Waals surface area (Å²) in [6, 6.07) is 15.8. The van der Waals surface area contributed by atoms with Gasteiger partial charge < -0.3 is 20.1 Å². The van der Waals surface area contributed by atoms with Crippen molar-refractivity contribution in [2.75, 3.05) is 32.6 Å². The van der Waals surface area contributed by atoms with Crippen molar-refractivity contribution in [2.24, 2.45) is 0 Å². The fourth-order valence-corrected chi connectivity index (χ4v) is 3.48. The zero-order chi connectivity index (χ0) is 20.1. The molecular formula is C23H24N4O2. The van der Waals surface area contributed by atoms with Crippen molar-refractivity contribution in [3.05, 3.63) is 66.5 Å². The third kappa shape index (κ3) is 4.22. The quantitative estimate of drug-likeness (QED) is 0.657. The molecule has 0 fully saturated rings. The Morgan fingerprint density at radius 3 is 2.55 bits per heavy atom. The molecule has 2 aromatic carbocycles. The van der Waals surface area contributed by atoms with Crippen LogP contribution < -0.4 is 20.1 Å². The van der Waals surface area contributed by atoms with Crippen LogP contribution in [0.4, 0.5) is 11.5 Å². The molecule has 6 heteroatoms. The lowest BCUT2D eigenvalue weighted by Crippen LogP contribution is -2.20. The third-order valence-electron chi connectivity index (χ3n) is 4.93. The molecule has 1 aliphatic heterocycles. The molecule has 0 amide bonds. The number of benzene rings is 2. The Morgan fingerprint density at radius 2 is 1.76 bits per heavy atom. The molecule has 0 saturated heterocycles. The Labute approximate surface area is 170 Å². The first-order chi connectivity index (χ1) is 14.3. The molecule has 6 nitrogen and oxygen atoms in total. The first-order valence-corrected chi connectivity index (χ1v) is 9.59. The van der Waals surface area contributed by atoms with Gasteiger partial charge in [0.05, 0.1) is 19.9 Å². The number of nitrogens with zero attached hydrogens (tertiary/aromatic N) is 2. The Hall–Kier alpha value is -3.38. The molecule has 0 saturated carbocycles. The number of hydrogen-bond donors (Lipinski definition) is 2. The Bertz CT molecular complexity index is 1030. The lowest BCUT2D eigenvalue weighted by atomic mass is 9.98. The number of aromatic nitrogens is 2. The van der Waals surface area contributed by atoms with Gasteiger partial charge in [-0.1, -0.05) is 18.2 Å². The first kappa shape index (κ1) is 19.0. The van der Waals surface area contributed by atoms with Crippen molar-refractivity contribution < 1.29 is 9.47 Å². The molecule has 1 aliphatic rings. The highest BCUT2D eigenvalue weighted by Crippen LogP contribution is 2.33. The monoisotopic (exact) mass is 388 g/mol. The molecule has 0 radical (unpaired) electrons. The summed E-state index contributed by atoms with van der Waals surface area (Å²) < 4.78 is 11.0. The number of anilines is 2. The van der Waals surface area contributed by atoms with E-state index in [1.54, 1.807) is 20.5 Å². The van der Waals surface area contributed by atoms with E-state index >= 15 is 0 Å². The molecule has 4 rings (SSSR count). The molecule has 0 spiro atoms. The standard InChI is InChI=1S/C23H24N4O2/c1-28-21-6-4-3-5-18(21)20-14-23(26-15-25-20)27-17-7-8-22(29-2)19(13-17)16-9-11-24-12-10-16/h3-9,13-15,24H,10-12H2,1-2H3,(H,25,26,27). The summed E-state index contributed by atoms with van der Waals surface area (Å²) in [7, 11) is 3.37. The second kappa shape index (κ2) is 8.75. The van der Waals surface area contributed by atoms with Crippen molar-refractivity contribution in [3.8, 4) is 22.8 Å². The van der Waals surface area contributed by atoms with Crippen LogP contribution in [-0.4, -0.2) is 37.3 Å². The smallest absolute Gasteiger partial charge is 0.134 e. The molecule has 2 N–H and O–H groups in total. The number of methoxy groups -OCH3 is 2. The Kier molecular flexibility index (Phi) is 5.72. The van der Waals surface area contributed by atoms with Crippen molar-refractivity contribution in [1.29, 1.82) is 0 Å². The number of rotatable bonds is 6. The highest BCUT2D eigenvalue weighted by atomic mass is 16.5. The summed E-state index contributed by atoms with van der Waals surface area (Å²) >= 11 is 0. The highest BCUT2D eigenvalue weighted by molar-refractivity contribution is 5.76. The average Bonchev–Trinajstić information content (AvgIpc) is 2.80. The molecule has 3 aromatic rings. The molecule has 0 aliphatic carbocycles. The molecule has 0 bridgehead atoms. The highest BCUT2D eigenvalue weighted by Gasteiger charge is 2.13. The summed E-state index contributed by atoms with van der Waals surface area (Å²) in [5, 5.41) is 6.74. The van der Waals surface area contributed by atoms with Gasteiger partial charge in [0.2, 0.25) is 0 Å². The van der Waals surface area contributed by atoms with E-state index in [4.69, 9.17) is 9.47 Å². The van der Waals surface area contributed by atoms with Crippen LogP contribution in [0.5, 0.6) is 11.5 Å². The van der Waals surface area contributed by atoms with E-state index in [1.807, 2.05) is 42.5 Å². The number of ether oxygens (including phenoxy) is 2. The van der Waals surface area contributed by atoms with E-state index in [9.17, 15) is 0 Å². The Morgan fingerprint density at radius 1 is 0.931 bits per heavy atom. The third-order valence-corrected chi connectivity index (χ3v) is 4.93. The van der Waals surface area contributed by atoms with E-state index in [0.29, 0.717) is 0 Å². The summed E-state index contributed by atoms with van der Waals surface area (Å²) in [6.45, 7) is 1.85. The van der Waals surface area contributed by atoms with Crippen LogP contribution in [0.1, 0.15) is 12.0 Å². The second-order valence-corrected chi connectivity index (χ2v) is 6.71. The van der Waals surface area contributed by atoms with Crippen LogP contribution in [-0.2, 0) is 0 Å². The van der Waals surface area contributed by atoms with E-state index in [0.717, 1.165) is 59.3 Å². The number of para-hydroxylation sites is 1. The van der Waals surface area contributed by atoms with Gasteiger partial charge in [0, 0.05) is 29.4 Å². The second-order valence-electron chi connectivity index (χ2n) is 6.71. The van der Waals surface area contributed by atoms with Gasteiger partial charge in [-0.05, 0) is 48.9 Å². The van der Waals surface area contributed by atoms with Crippen LogP contribution in [0.3, 0.4) is 0 Å². The van der Waals surface area contributed by atoms with Gasteiger partial charge in [0.1, 0.15) is 23.6 Å². The van der Waals surface area contributed by atoms with E-state index in [-0.39, 0.29) is 0 Å². The molecule has 2 heterocycles. The van der Waals surface area contributed by atoms with Crippen molar-refractivity contribution in [3.63, 3.8) is 0 Å². The minimum absolute atomic E-state index is 0.719. The molecular weight excluding hydrogens is 364 g/mol. The zero-order valence-electron chi connectivity index (χ0n) is 16.6. The SMILES string of the molecule is COc1ccc(Nc2cc(-c3ccccc3OC)ncn2)cc1C1=CCNCC1. The van der Waals surface area contributed by atoms with Crippen LogP contribution in [0.2, 0.25) is 0 Å². The van der Waals surface area contributed by atoms with Gasteiger partial charge in [0.25, 0.3) is 0 Å². The van der Waals surface area contributed by atoms with Gasteiger partial charge in [-0.25, -0.2) is 9.97 Å². The summed E-state index contributed by atoms with van der Waals surface area (Å²) in [5.41, 5.74) is 5.08. The molecule has 29 heavy (non-hydrogen) atoms.